The van der Waals surface area contributed by atoms with Crippen LogP contribution in [0.1, 0.15) is 187 Å². The molecule has 0 saturated carbocycles. The highest BCUT2D eigenvalue weighted by Crippen LogP contribution is 2.13. The van der Waals surface area contributed by atoms with Crippen LogP contribution in [0, 0.1) is 0 Å². The summed E-state index contributed by atoms with van der Waals surface area (Å²) in [6.07, 6.45) is 53.3. The minimum absolute atomic E-state index is 0.0998. The summed E-state index contributed by atoms with van der Waals surface area (Å²) in [6.45, 7) is 7.85. The van der Waals surface area contributed by atoms with Gasteiger partial charge in [-0.1, -0.05) is 151 Å². The van der Waals surface area contributed by atoms with Crippen LogP contribution in [0.5, 0.6) is 0 Å². The molecule has 0 radical (unpaired) electrons. The van der Waals surface area contributed by atoms with Crippen molar-refractivity contribution in [3.05, 3.63) is 85.6 Å². The molecule has 6 nitrogen and oxygen atoms in total. The van der Waals surface area contributed by atoms with Gasteiger partial charge in [0.25, 0.3) is 0 Å². The zero-order valence-electron chi connectivity index (χ0n) is 35.2. The molecule has 0 amide bonds. The fourth-order valence-corrected chi connectivity index (χ4v) is 5.74. The lowest BCUT2D eigenvalue weighted by atomic mass is 10.1. The van der Waals surface area contributed by atoms with Gasteiger partial charge in [-0.15, -0.1) is 6.58 Å². The van der Waals surface area contributed by atoms with Crippen LogP contribution in [-0.4, -0.2) is 37.2 Å². The molecule has 1 unspecified atom stereocenters. The first kappa shape index (κ1) is 51.6. The van der Waals surface area contributed by atoms with Crippen molar-refractivity contribution in [2.24, 2.45) is 0 Å². The average Bonchev–Trinajstić information content (AvgIpc) is 3.18. The second-order valence-electron chi connectivity index (χ2n) is 14.3. The van der Waals surface area contributed by atoms with E-state index in [1.54, 1.807) is 0 Å². The van der Waals surface area contributed by atoms with Crippen LogP contribution in [0.15, 0.2) is 85.6 Å². The summed E-state index contributed by atoms with van der Waals surface area (Å²) in [6, 6.07) is 0. The van der Waals surface area contributed by atoms with Crippen LogP contribution < -0.4 is 0 Å². The first-order chi connectivity index (χ1) is 27.0. The fourth-order valence-electron chi connectivity index (χ4n) is 5.74. The van der Waals surface area contributed by atoms with Crippen LogP contribution in [-0.2, 0) is 28.6 Å². The standard InChI is InChI=1S/C49H80O6/c1-4-7-10-13-16-18-20-22-24-26-28-30-33-36-39-42-48(51)54-45-46(44-53-47(50)41-38-35-32-15-12-9-6-3)55-49(52)43-40-37-34-31-29-27-25-23-21-19-17-14-11-8-5-2/h6-8,10-11,16-19,22-25,46H,3-5,9,12-15,20-21,26-45H2,1-2H3/b10-7-,11-8-,18-16-,19-17-,24-22-,25-23-. The number of allylic oxidation sites excluding steroid dienone is 13. The minimum atomic E-state index is -0.796. The Hall–Kier alpha value is -3.41. The Labute approximate surface area is 337 Å². The van der Waals surface area contributed by atoms with E-state index in [1.807, 2.05) is 6.08 Å². The van der Waals surface area contributed by atoms with Gasteiger partial charge in [0, 0.05) is 19.3 Å². The zero-order chi connectivity index (χ0) is 40.1. The average molecular weight is 765 g/mol. The van der Waals surface area contributed by atoms with Crippen molar-refractivity contribution < 1.29 is 28.6 Å². The third-order valence-electron chi connectivity index (χ3n) is 9.01. The third kappa shape index (κ3) is 41.6. The molecule has 312 valence electrons. The number of carbonyl (C=O) groups is 3. The van der Waals surface area contributed by atoms with E-state index in [4.69, 9.17) is 14.2 Å². The molecule has 0 aliphatic heterocycles. The molecular formula is C49H80O6. The molecule has 55 heavy (non-hydrogen) atoms. The lowest BCUT2D eigenvalue weighted by Gasteiger charge is -2.18. The molecule has 1 atom stereocenters. The summed E-state index contributed by atoms with van der Waals surface area (Å²) in [7, 11) is 0. The molecule has 0 aromatic carbocycles. The van der Waals surface area contributed by atoms with Crippen LogP contribution in [0.2, 0.25) is 0 Å². The van der Waals surface area contributed by atoms with E-state index in [2.05, 4.69) is 93.3 Å². The maximum atomic E-state index is 12.7. The van der Waals surface area contributed by atoms with Crippen molar-refractivity contribution >= 4 is 17.9 Å². The molecule has 0 aliphatic rings. The van der Waals surface area contributed by atoms with Gasteiger partial charge >= 0.3 is 17.9 Å². The van der Waals surface area contributed by atoms with Gasteiger partial charge in [-0.3, -0.25) is 14.4 Å². The summed E-state index contributed by atoms with van der Waals surface area (Å²) in [5, 5.41) is 0. The number of carbonyl (C=O) groups excluding carboxylic acids is 3. The molecule has 0 saturated heterocycles. The SMILES string of the molecule is C=CCCCCCCCC(=O)OCC(COC(=O)CCCCCCC/C=C\C/C=C\C/C=C\CC)OC(=O)CCCCCCC/C=C\C/C=C\C/C=C\CC. The maximum Gasteiger partial charge on any atom is 0.306 e. The van der Waals surface area contributed by atoms with Gasteiger partial charge in [0.15, 0.2) is 6.10 Å². The van der Waals surface area contributed by atoms with Gasteiger partial charge < -0.3 is 14.2 Å². The zero-order valence-corrected chi connectivity index (χ0v) is 35.2. The molecule has 6 heteroatoms. The monoisotopic (exact) mass is 765 g/mol. The fraction of sp³-hybridized carbons (Fsp3) is 0.653. The van der Waals surface area contributed by atoms with E-state index in [9.17, 15) is 14.4 Å². The van der Waals surface area contributed by atoms with E-state index in [0.29, 0.717) is 19.3 Å². The molecular weight excluding hydrogens is 685 g/mol. The second-order valence-corrected chi connectivity index (χ2v) is 14.3. The molecule has 0 heterocycles. The molecule has 0 spiro atoms. The summed E-state index contributed by atoms with van der Waals surface area (Å²) in [5.74, 6) is -0.965. The Morgan fingerprint density at radius 3 is 1.15 bits per heavy atom. The Morgan fingerprint density at radius 2 is 0.745 bits per heavy atom. The number of unbranched alkanes of at least 4 members (excludes halogenated alkanes) is 15. The quantitative estimate of drug-likeness (QED) is 0.0268. The smallest absolute Gasteiger partial charge is 0.306 e. The number of rotatable bonds is 39. The molecule has 0 aromatic rings. The van der Waals surface area contributed by atoms with Gasteiger partial charge in [-0.2, -0.15) is 0 Å². The molecule has 0 fully saturated rings. The Morgan fingerprint density at radius 1 is 0.418 bits per heavy atom. The predicted molar refractivity (Wildman–Crippen MR) is 233 cm³/mol. The van der Waals surface area contributed by atoms with E-state index in [0.717, 1.165) is 154 Å². The lowest BCUT2D eigenvalue weighted by Crippen LogP contribution is -2.30. The highest BCUT2D eigenvalue weighted by molar-refractivity contribution is 5.71. The van der Waals surface area contributed by atoms with Crippen molar-refractivity contribution in [1.82, 2.24) is 0 Å². The van der Waals surface area contributed by atoms with Crippen molar-refractivity contribution in [3.63, 3.8) is 0 Å². The first-order valence-electron chi connectivity index (χ1n) is 22.0. The van der Waals surface area contributed by atoms with Gasteiger partial charge in [0.2, 0.25) is 0 Å². The first-order valence-corrected chi connectivity index (χ1v) is 22.0. The lowest BCUT2D eigenvalue weighted by molar-refractivity contribution is -0.167. The Balaban J connectivity index is 4.38. The van der Waals surface area contributed by atoms with Gasteiger partial charge in [0.1, 0.15) is 13.2 Å². The van der Waals surface area contributed by atoms with Crippen molar-refractivity contribution in [2.45, 2.75) is 193 Å². The van der Waals surface area contributed by atoms with Crippen LogP contribution in [0.4, 0.5) is 0 Å². The van der Waals surface area contributed by atoms with Crippen molar-refractivity contribution in [3.8, 4) is 0 Å². The summed E-state index contributed by atoms with van der Waals surface area (Å²) in [4.78, 5) is 37.6. The molecule has 0 N–H and O–H groups in total. The summed E-state index contributed by atoms with van der Waals surface area (Å²) >= 11 is 0. The van der Waals surface area contributed by atoms with E-state index < -0.39 is 6.10 Å². The largest absolute Gasteiger partial charge is 0.462 e. The summed E-state index contributed by atoms with van der Waals surface area (Å²) < 4.78 is 16.6. The molecule has 0 bridgehead atoms. The van der Waals surface area contributed by atoms with Crippen LogP contribution in [0.25, 0.3) is 0 Å². The number of hydrogen-bond acceptors (Lipinski definition) is 6. The van der Waals surface area contributed by atoms with E-state index in [-0.39, 0.29) is 31.1 Å². The normalized spacial score (nSPS) is 12.6. The van der Waals surface area contributed by atoms with Crippen molar-refractivity contribution in [1.29, 1.82) is 0 Å². The molecule has 0 aromatic heterocycles. The van der Waals surface area contributed by atoms with Crippen LogP contribution in [0.3, 0.4) is 0 Å². The highest BCUT2D eigenvalue weighted by Gasteiger charge is 2.19. The topological polar surface area (TPSA) is 78.9 Å². The van der Waals surface area contributed by atoms with E-state index >= 15 is 0 Å². The van der Waals surface area contributed by atoms with Gasteiger partial charge in [0.05, 0.1) is 0 Å². The van der Waals surface area contributed by atoms with E-state index in [1.165, 1.54) is 0 Å². The Kier molecular flexibility index (Phi) is 40.6. The molecule has 0 aliphatic carbocycles. The number of esters is 3. The second kappa shape index (κ2) is 43.3. The predicted octanol–water partition coefficient (Wildman–Crippen LogP) is 14.1. The van der Waals surface area contributed by atoms with Gasteiger partial charge in [-0.05, 0) is 96.3 Å². The Bertz CT molecular complexity index is 1090. The van der Waals surface area contributed by atoms with Crippen LogP contribution >= 0.6 is 0 Å². The molecule has 0 rings (SSSR count). The highest BCUT2D eigenvalue weighted by atomic mass is 16.6. The number of ether oxygens (including phenoxy) is 3. The van der Waals surface area contributed by atoms with Crippen molar-refractivity contribution in [2.75, 3.05) is 13.2 Å². The third-order valence-corrected chi connectivity index (χ3v) is 9.01. The number of hydrogen-bond donors (Lipinski definition) is 0. The maximum absolute atomic E-state index is 12.7. The summed E-state index contributed by atoms with van der Waals surface area (Å²) in [5.41, 5.74) is 0. The van der Waals surface area contributed by atoms with Gasteiger partial charge in [-0.25, -0.2) is 0 Å². The minimum Gasteiger partial charge on any atom is -0.462 e.